The van der Waals surface area contributed by atoms with Gasteiger partial charge in [0.15, 0.2) is 0 Å². The SMILES string of the molecule is O=C(CS(=O)(=O)c1nc(N2CCCC2)c2ccccc2n1)Nc1ccc(Br)cc1Br. The van der Waals surface area contributed by atoms with Crippen LogP contribution in [-0.4, -0.2) is 43.1 Å². The number of aromatic nitrogens is 2. The molecule has 1 N–H and O–H groups in total. The first-order valence-electron chi connectivity index (χ1n) is 9.33. The largest absolute Gasteiger partial charge is 0.356 e. The first-order valence-corrected chi connectivity index (χ1v) is 12.6. The molecule has 3 aromatic rings. The van der Waals surface area contributed by atoms with Crippen LogP contribution in [0.4, 0.5) is 11.5 Å². The number of hydrogen-bond acceptors (Lipinski definition) is 6. The topological polar surface area (TPSA) is 92.3 Å². The van der Waals surface area contributed by atoms with Crippen LogP contribution in [0.15, 0.2) is 56.6 Å². The number of nitrogens with one attached hydrogen (secondary N) is 1. The Balaban J connectivity index is 1.64. The van der Waals surface area contributed by atoms with Gasteiger partial charge in [0, 0.05) is 27.4 Å². The maximum absolute atomic E-state index is 13.0. The Morgan fingerprint density at radius 2 is 1.80 bits per heavy atom. The van der Waals surface area contributed by atoms with Crippen LogP contribution in [-0.2, 0) is 14.6 Å². The number of sulfone groups is 1. The number of nitrogens with zero attached hydrogens (tertiary/aromatic N) is 3. The predicted molar refractivity (Wildman–Crippen MR) is 124 cm³/mol. The lowest BCUT2D eigenvalue weighted by atomic mass is 10.2. The van der Waals surface area contributed by atoms with E-state index in [-0.39, 0.29) is 5.16 Å². The molecule has 10 heteroatoms. The lowest BCUT2D eigenvalue weighted by Gasteiger charge is -2.19. The smallest absolute Gasteiger partial charge is 0.250 e. The van der Waals surface area contributed by atoms with E-state index in [2.05, 4.69) is 52.0 Å². The molecule has 1 aliphatic rings. The molecule has 0 bridgehead atoms. The summed E-state index contributed by atoms with van der Waals surface area (Å²) in [5, 5.41) is 3.10. The Morgan fingerprint density at radius 1 is 1.07 bits per heavy atom. The van der Waals surface area contributed by atoms with Gasteiger partial charge in [0.2, 0.25) is 20.9 Å². The van der Waals surface area contributed by atoms with Crippen molar-refractivity contribution in [1.82, 2.24) is 9.97 Å². The first kappa shape index (κ1) is 21.2. The second-order valence-corrected chi connectivity index (χ2v) is 10.6. The Morgan fingerprint density at radius 3 is 2.53 bits per heavy atom. The number of para-hydroxylation sites is 1. The molecule has 0 aliphatic carbocycles. The molecule has 7 nitrogen and oxygen atoms in total. The fourth-order valence-electron chi connectivity index (χ4n) is 3.36. The number of anilines is 2. The predicted octanol–water partition coefficient (Wildman–Crippen LogP) is 4.17. The Kier molecular flexibility index (Phi) is 6.08. The minimum absolute atomic E-state index is 0.326. The van der Waals surface area contributed by atoms with E-state index in [1.807, 2.05) is 12.1 Å². The van der Waals surface area contributed by atoms with Gasteiger partial charge in [-0.3, -0.25) is 4.79 Å². The van der Waals surface area contributed by atoms with E-state index in [9.17, 15) is 13.2 Å². The van der Waals surface area contributed by atoms with E-state index in [4.69, 9.17) is 0 Å². The number of carbonyl (C=O) groups is 1. The number of amides is 1. The van der Waals surface area contributed by atoms with E-state index in [1.54, 1.807) is 30.3 Å². The zero-order chi connectivity index (χ0) is 21.3. The minimum Gasteiger partial charge on any atom is -0.356 e. The molecule has 0 radical (unpaired) electrons. The van der Waals surface area contributed by atoms with Crippen molar-refractivity contribution in [3.63, 3.8) is 0 Å². The molecule has 1 aromatic heterocycles. The van der Waals surface area contributed by atoms with Crippen molar-refractivity contribution in [3.05, 3.63) is 51.4 Å². The van der Waals surface area contributed by atoms with Gasteiger partial charge in [-0.2, -0.15) is 0 Å². The summed E-state index contributed by atoms with van der Waals surface area (Å²) in [6.07, 6.45) is 2.07. The van der Waals surface area contributed by atoms with Gasteiger partial charge in [-0.1, -0.05) is 28.1 Å². The normalized spacial score (nSPS) is 14.3. The molecule has 1 saturated heterocycles. The molecular weight excluding hydrogens is 536 g/mol. The Bertz CT molecular complexity index is 1230. The quantitative estimate of drug-likeness (QED) is 0.477. The van der Waals surface area contributed by atoms with Crippen LogP contribution in [0.3, 0.4) is 0 Å². The van der Waals surface area contributed by atoms with Crippen molar-refractivity contribution in [2.45, 2.75) is 18.0 Å². The summed E-state index contributed by atoms with van der Waals surface area (Å²) in [6.45, 7) is 1.64. The van der Waals surface area contributed by atoms with Gasteiger partial charge in [-0.25, -0.2) is 18.4 Å². The Hall–Kier alpha value is -2.04. The van der Waals surface area contributed by atoms with Gasteiger partial charge >= 0.3 is 0 Å². The standard InChI is InChI=1S/C20H18Br2N4O3S/c21-13-7-8-17(15(22)11-13)23-18(27)12-30(28,29)20-24-16-6-2-1-5-14(16)19(25-20)26-9-3-4-10-26/h1-2,5-8,11H,3-4,9-10,12H2,(H,23,27). The van der Waals surface area contributed by atoms with E-state index in [1.165, 1.54) is 0 Å². The van der Waals surface area contributed by atoms with Gasteiger partial charge in [-0.15, -0.1) is 0 Å². The highest BCUT2D eigenvalue weighted by Crippen LogP contribution is 2.29. The number of carbonyl (C=O) groups excluding carboxylic acids is 1. The third-order valence-electron chi connectivity index (χ3n) is 4.77. The summed E-state index contributed by atoms with van der Waals surface area (Å²) in [5.74, 6) is -0.793. The zero-order valence-electron chi connectivity index (χ0n) is 15.8. The highest BCUT2D eigenvalue weighted by Gasteiger charge is 2.26. The van der Waals surface area contributed by atoms with Crippen molar-refractivity contribution >= 4 is 70.0 Å². The monoisotopic (exact) mass is 552 g/mol. The van der Waals surface area contributed by atoms with Crippen LogP contribution in [0.1, 0.15) is 12.8 Å². The number of hydrogen-bond donors (Lipinski definition) is 1. The average molecular weight is 554 g/mol. The molecule has 30 heavy (non-hydrogen) atoms. The molecule has 1 fully saturated rings. The van der Waals surface area contributed by atoms with Crippen molar-refractivity contribution in [2.75, 3.05) is 29.1 Å². The van der Waals surface area contributed by atoms with Crippen LogP contribution >= 0.6 is 31.9 Å². The molecule has 0 unspecified atom stereocenters. The summed E-state index contributed by atoms with van der Waals surface area (Å²) in [7, 11) is -4.03. The average Bonchev–Trinajstić information content (AvgIpc) is 3.23. The van der Waals surface area contributed by atoms with Gasteiger partial charge in [0.05, 0.1) is 11.2 Å². The van der Waals surface area contributed by atoms with Crippen molar-refractivity contribution in [2.24, 2.45) is 0 Å². The van der Waals surface area contributed by atoms with Crippen LogP contribution in [0.25, 0.3) is 10.9 Å². The van der Waals surface area contributed by atoms with E-state index >= 15 is 0 Å². The fourth-order valence-corrected chi connectivity index (χ4v) is 5.52. The van der Waals surface area contributed by atoms with Crippen molar-refractivity contribution in [3.8, 4) is 0 Å². The third kappa shape index (κ3) is 4.50. The van der Waals surface area contributed by atoms with Gasteiger partial charge in [-0.05, 0) is 59.1 Å². The summed E-state index contributed by atoms with van der Waals surface area (Å²) < 4.78 is 27.4. The van der Waals surface area contributed by atoms with Crippen LogP contribution in [0.2, 0.25) is 0 Å². The van der Waals surface area contributed by atoms with E-state index in [0.29, 0.717) is 21.5 Å². The summed E-state index contributed by atoms with van der Waals surface area (Å²) >= 11 is 6.69. The highest BCUT2D eigenvalue weighted by molar-refractivity contribution is 9.11. The molecule has 2 aromatic carbocycles. The van der Waals surface area contributed by atoms with E-state index in [0.717, 1.165) is 35.8 Å². The molecule has 0 atom stereocenters. The summed E-state index contributed by atoms with van der Waals surface area (Å²) in [5.41, 5.74) is 1.03. The van der Waals surface area contributed by atoms with Crippen LogP contribution in [0, 0.1) is 0 Å². The highest BCUT2D eigenvalue weighted by atomic mass is 79.9. The molecule has 0 saturated carbocycles. The van der Waals surface area contributed by atoms with Gasteiger partial charge in [0.25, 0.3) is 0 Å². The molecule has 1 amide bonds. The van der Waals surface area contributed by atoms with Crippen LogP contribution < -0.4 is 10.2 Å². The summed E-state index contributed by atoms with van der Waals surface area (Å²) in [6, 6.07) is 12.5. The van der Waals surface area contributed by atoms with Crippen molar-refractivity contribution in [1.29, 1.82) is 0 Å². The second-order valence-electron chi connectivity index (χ2n) is 6.97. The molecule has 4 rings (SSSR count). The maximum Gasteiger partial charge on any atom is 0.250 e. The third-order valence-corrected chi connectivity index (χ3v) is 7.30. The molecule has 1 aliphatic heterocycles. The zero-order valence-corrected chi connectivity index (χ0v) is 19.8. The van der Waals surface area contributed by atoms with Gasteiger partial charge in [0.1, 0.15) is 11.6 Å². The molecular formula is C20H18Br2N4O3S. The molecule has 2 heterocycles. The number of fused-ring (bicyclic) bond motifs is 1. The van der Waals surface area contributed by atoms with Crippen molar-refractivity contribution < 1.29 is 13.2 Å². The number of benzene rings is 2. The first-order chi connectivity index (χ1) is 14.3. The van der Waals surface area contributed by atoms with Crippen LogP contribution in [0.5, 0.6) is 0 Å². The maximum atomic E-state index is 13.0. The van der Waals surface area contributed by atoms with E-state index < -0.39 is 21.5 Å². The second kappa shape index (κ2) is 8.60. The molecule has 156 valence electrons. The lowest BCUT2D eigenvalue weighted by Crippen LogP contribution is -2.26. The molecule has 0 spiro atoms. The lowest BCUT2D eigenvalue weighted by molar-refractivity contribution is -0.113. The number of halogens is 2. The summed E-state index contributed by atoms with van der Waals surface area (Å²) in [4.78, 5) is 23.1. The fraction of sp³-hybridized carbons (Fsp3) is 0.250. The van der Waals surface area contributed by atoms with Gasteiger partial charge < -0.3 is 10.2 Å². The number of rotatable bonds is 5. The minimum atomic E-state index is -4.03. The Labute approximate surface area is 191 Å².